The van der Waals surface area contributed by atoms with Crippen LogP contribution in [0.3, 0.4) is 0 Å². The van der Waals surface area contributed by atoms with Gasteiger partial charge in [-0.15, -0.1) is 0 Å². The zero-order valence-electron chi connectivity index (χ0n) is 17.8. The van der Waals surface area contributed by atoms with Crippen molar-refractivity contribution < 1.29 is 9.84 Å². The summed E-state index contributed by atoms with van der Waals surface area (Å²) in [5, 5.41) is 9.33. The lowest BCUT2D eigenvalue weighted by Gasteiger charge is -2.37. The Morgan fingerprint density at radius 1 is 0.885 bits per heavy atom. The predicted octanol–water partition coefficient (Wildman–Crippen LogP) is 7.00. The second-order valence-electron chi connectivity index (χ2n) is 7.54. The molecule has 2 aliphatic rings. The Kier molecular flexibility index (Phi) is 11.7. The highest BCUT2D eigenvalue weighted by Crippen LogP contribution is 2.37. The summed E-state index contributed by atoms with van der Waals surface area (Å²) in [5.41, 5.74) is 1.35. The average molecular weight is 363 g/mol. The van der Waals surface area contributed by atoms with Crippen LogP contribution in [0.4, 0.5) is 0 Å². The van der Waals surface area contributed by atoms with E-state index in [1.165, 1.54) is 50.5 Å². The highest BCUT2D eigenvalue weighted by atomic mass is 16.5. The fourth-order valence-electron chi connectivity index (χ4n) is 4.16. The first-order chi connectivity index (χ1) is 12.7. The first-order valence-corrected chi connectivity index (χ1v) is 11.1. The van der Waals surface area contributed by atoms with Gasteiger partial charge in [0, 0.05) is 6.61 Å². The van der Waals surface area contributed by atoms with Crippen LogP contribution in [0.25, 0.3) is 0 Å². The summed E-state index contributed by atoms with van der Waals surface area (Å²) in [6, 6.07) is 7.71. The monoisotopic (exact) mass is 362 g/mol. The molecule has 2 heteroatoms. The first kappa shape index (κ1) is 23.0. The Bertz CT molecular complexity index is 438. The molecule has 2 fully saturated rings. The molecule has 1 aromatic rings. The van der Waals surface area contributed by atoms with Crippen molar-refractivity contribution in [3.63, 3.8) is 0 Å². The SMILES string of the molecule is CC.CC.CC1CCC(C2CCC(CCc3ccc(O)cc3)CC2)OC1. The third-order valence-corrected chi connectivity index (χ3v) is 5.73. The van der Waals surface area contributed by atoms with E-state index in [-0.39, 0.29) is 0 Å². The van der Waals surface area contributed by atoms with Crippen LogP contribution in [0.2, 0.25) is 0 Å². The first-order valence-electron chi connectivity index (χ1n) is 11.1. The minimum absolute atomic E-state index is 0.367. The maximum Gasteiger partial charge on any atom is 0.115 e. The summed E-state index contributed by atoms with van der Waals surface area (Å²) < 4.78 is 6.08. The van der Waals surface area contributed by atoms with Crippen molar-refractivity contribution in [2.75, 3.05) is 6.61 Å². The molecular formula is C24H42O2. The third kappa shape index (κ3) is 7.70. The smallest absolute Gasteiger partial charge is 0.115 e. The van der Waals surface area contributed by atoms with Gasteiger partial charge < -0.3 is 9.84 Å². The van der Waals surface area contributed by atoms with E-state index in [9.17, 15) is 5.11 Å². The maximum absolute atomic E-state index is 9.33. The van der Waals surface area contributed by atoms with Gasteiger partial charge in [0.25, 0.3) is 0 Å². The van der Waals surface area contributed by atoms with E-state index in [2.05, 4.69) is 19.1 Å². The molecule has 150 valence electrons. The van der Waals surface area contributed by atoms with Crippen molar-refractivity contribution in [3.05, 3.63) is 29.8 Å². The average Bonchev–Trinajstić information content (AvgIpc) is 2.72. The quantitative estimate of drug-likeness (QED) is 0.625. The standard InChI is InChI=1S/C20H30O2.2C2H6/c1-15-2-13-20(22-14-15)18-9-5-16(6-10-18)3-4-17-7-11-19(21)12-8-17;2*1-2/h7-8,11-12,15-16,18,20-21H,2-6,9-10,13-14H2,1H3;2*1-2H3. The molecule has 1 saturated heterocycles. The van der Waals surface area contributed by atoms with Gasteiger partial charge in [-0.25, -0.2) is 0 Å². The molecule has 1 aliphatic heterocycles. The number of aryl methyl sites for hydroxylation is 1. The molecule has 3 rings (SSSR count). The van der Waals surface area contributed by atoms with Crippen LogP contribution < -0.4 is 0 Å². The third-order valence-electron chi connectivity index (χ3n) is 5.73. The van der Waals surface area contributed by atoms with E-state index in [1.807, 2.05) is 27.7 Å². The molecule has 0 amide bonds. The van der Waals surface area contributed by atoms with Crippen LogP contribution in [-0.2, 0) is 11.2 Å². The zero-order chi connectivity index (χ0) is 19.4. The topological polar surface area (TPSA) is 29.5 Å². The van der Waals surface area contributed by atoms with Crippen molar-refractivity contribution >= 4 is 0 Å². The van der Waals surface area contributed by atoms with Crippen molar-refractivity contribution in [3.8, 4) is 5.75 Å². The lowest BCUT2D eigenvalue weighted by atomic mass is 9.76. The molecule has 26 heavy (non-hydrogen) atoms. The summed E-state index contributed by atoms with van der Waals surface area (Å²) in [4.78, 5) is 0. The Morgan fingerprint density at radius 2 is 1.50 bits per heavy atom. The summed E-state index contributed by atoms with van der Waals surface area (Å²) in [6.07, 6.45) is 11.1. The molecule has 0 radical (unpaired) electrons. The van der Waals surface area contributed by atoms with Gasteiger partial charge in [0.05, 0.1) is 6.10 Å². The van der Waals surface area contributed by atoms with Gasteiger partial charge in [-0.05, 0) is 74.0 Å². The molecule has 0 bridgehead atoms. The second kappa shape index (κ2) is 13.2. The van der Waals surface area contributed by atoms with Crippen LogP contribution in [0.1, 0.15) is 85.1 Å². The van der Waals surface area contributed by atoms with Crippen LogP contribution in [0.5, 0.6) is 5.75 Å². The van der Waals surface area contributed by atoms with Crippen LogP contribution in [0.15, 0.2) is 24.3 Å². The Balaban J connectivity index is 0.000000791. The molecule has 1 saturated carbocycles. The number of rotatable bonds is 4. The minimum Gasteiger partial charge on any atom is -0.508 e. The largest absolute Gasteiger partial charge is 0.508 e. The van der Waals surface area contributed by atoms with Gasteiger partial charge in [0.1, 0.15) is 5.75 Å². The number of benzene rings is 1. The summed E-state index contributed by atoms with van der Waals surface area (Å²) >= 11 is 0. The van der Waals surface area contributed by atoms with Crippen LogP contribution >= 0.6 is 0 Å². The molecule has 2 atom stereocenters. The van der Waals surface area contributed by atoms with Gasteiger partial charge in [-0.3, -0.25) is 0 Å². The van der Waals surface area contributed by atoms with E-state index in [0.29, 0.717) is 11.9 Å². The molecule has 2 unspecified atom stereocenters. The minimum atomic E-state index is 0.367. The van der Waals surface area contributed by atoms with E-state index in [1.54, 1.807) is 12.1 Å². The fraction of sp³-hybridized carbons (Fsp3) is 0.750. The van der Waals surface area contributed by atoms with Gasteiger partial charge in [-0.1, -0.05) is 59.6 Å². The fourth-order valence-corrected chi connectivity index (χ4v) is 4.16. The van der Waals surface area contributed by atoms with Gasteiger partial charge >= 0.3 is 0 Å². The highest BCUT2D eigenvalue weighted by Gasteiger charge is 2.30. The van der Waals surface area contributed by atoms with Gasteiger partial charge in [-0.2, -0.15) is 0 Å². The van der Waals surface area contributed by atoms with Crippen LogP contribution in [0, 0.1) is 17.8 Å². The molecule has 1 N–H and O–H groups in total. The normalized spacial score (nSPS) is 28.2. The molecule has 1 aromatic carbocycles. The van der Waals surface area contributed by atoms with E-state index < -0.39 is 0 Å². The molecular weight excluding hydrogens is 320 g/mol. The van der Waals surface area contributed by atoms with Gasteiger partial charge in [0.2, 0.25) is 0 Å². The number of ether oxygens (including phenoxy) is 1. The van der Waals surface area contributed by atoms with E-state index in [0.717, 1.165) is 30.8 Å². The van der Waals surface area contributed by atoms with Crippen molar-refractivity contribution in [1.82, 2.24) is 0 Å². The zero-order valence-corrected chi connectivity index (χ0v) is 17.8. The van der Waals surface area contributed by atoms with Crippen molar-refractivity contribution in [2.24, 2.45) is 17.8 Å². The molecule has 0 aromatic heterocycles. The van der Waals surface area contributed by atoms with Crippen molar-refractivity contribution in [2.45, 2.75) is 92.1 Å². The summed E-state index contributed by atoms with van der Waals surface area (Å²) in [7, 11) is 0. The lowest BCUT2D eigenvalue weighted by Crippen LogP contribution is -2.33. The number of phenols is 1. The Labute approximate surface area is 162 Å². The summed E-state index contributed by atoms with van der Waals surface area (Å²) in [5.74, 6) is 2.83. The second-order valence-corrected chi connectivity index (χ2v) is 7.54. The van der Waals surface area contributed by atoms with Crippen LogP contribution in [-0.4, -0.2) is 17.8 Å². The van der Waals surface area contributed by atoms with E-state index in [4.69, 9.17) is 4.74 Å². The van der Waals surface area contributed by atoms with Gasteiger partial charge in [0.15, 0.2) is 0 Å². The number of hydrogen-bond acceptors (Lipinski definition) is 2. The highest BCUT2D eigenvalue weighted by molar-refractivity contribution is 5.25. The Hall–Kier alpha value is -1.02. The maximum atomic E-state index is 9.33. The number of phenolic OH excluding ortho intramolecular Hbond substituents is 1. The molecule has 1 aliphatic carbocycles. The number of aromatic hydroxyl groups is 1. The number of hydrogen-bond donors (Lipinski definition) is 1. The molecule has 1 heterocycles. The predicted molar refractivity (Wildman–Crippen MR) is 113 cm³/mol. The lowest BCUT2D eigenvalue weighted by molar-refractivity contribution is -0.0545. The molecule has 2 nitrogen and oxygen atoms in total. The van der Waals surface area contributed by atoms with Crippen molar-refractivity contribution in [1.29, 1.82) is 0 Å². The molecule has 0 spiro atoms. The summed E-state index contributed by atoms with van der Waals surface area (Å²) in [6.45, 7) is 11.3. The Morgan fingerprint density at radius 3 is 2.04 bits per heavy atom. The van der Waals surface area contributed by atoms with E-state index >= 15 is 0 Å².